The molecule has 0 atom stereocenters. The summed E-state index contributed by atoms with van der Waals surface area (Å²) in [4.78, 5) is 32.4. The fourth-order valence-electron chi connectivity index (χ4n) is 3.06. The van der Waals surface area contributed by atoms with Crippen LogP contribution in [0.4, 0.5) is 24.8 Å². The minimum absolute atomic E-state index is 0.138. The monoisotopic (exact) mass is 536 g/mol. The zero-order chi connectivity index (χ0) is 26.8. The van der Waals surface area contributed by atoms with Crippen molar-refractivity contribution in [2.24, 2.45) is 0 Å². The molecule has 0 fully saturated rings. The zero-order valence-corrected chi connectivity index (χ0v) is 20.4. The SMILES string of the molecule is CC(=O)NCCNc1cc(NCCNC(=O)c2ccc(OC(F)(F)F)cc2)nc(-c2ccc(Cl)cc2)n1. The Morgan fingerprint density at radius 3 is 1.97 bits per heavy atom. The van der Waals surface area contributed by atoms with Crippen molar-refractivity contribution in [3.63, 3.8) is 0 Å². The van der Waals surface area contributed by atoms with E-state index in [1.54, 1.807) is 30.3 Å². The van der Waals surface area contributed by atoms with Crippen LogP contribution in [0.3, 0.4) is 0 Å². The van der Waals surface area contributed by atoms with Crippen LogP contribution in [0.15, 0.2) is 54.6 Å². The maximum absolute atomic E-state index is 12.3. The number of aromatic nitrogens is 2. The molecule has 9 nitrogen and oxygen atoms in total. The Bertz CT molecular complexity index is 1210. The van der Waals surface area contributed by atoms with E-state index in [4.69, 9.17) is 11.6 Å². The molecule has 3 rings (SSSR count). The predicted molar refractivity (Wildman–Crippen MR) is 134 cm³/mol. The Kier molecular flexibility index (Phi) is 9.50. The average molecular weight is 537 g/mol. The fraction of sp³-hybridized carbons (Fsp3) is 0.250. The summed E-state index contributed by atoms with van der Waals surface area (Å²) in [6.07, 6.45) is -4.80. The molecule has 1 aromatic heterocycles. The molecule has 0 saturated carbocycles. The smallest absolute Gasteiger partial charge is 0.406 e. The number of ether oxygens (including phenoxy) is 1. The first-order chi connectivity index (χ1) is 17.6. The maximum atomic E-state index is 12.3. The van der Waals surface area contributed by atoms with Gasteiger partial charge in [0.2, 0.25) is 5.91 Å². The Balaban J connectivity index is 1.59. The van der Waals surface area contributed by atoms with Gasteiger partial charge in [0, 0.05) is 55.3 Å². The highest BCUT2D eigenvalue weighted by atomic mass is 35.5. The number of anilines is 2. The number of carbonyl (C=O) groups is 2. The molecule has 0 aliphatic heterocycles. The van der Waals surface area contributed by atoms with Gasteiger partial charge in [-0.3, -0.25) is 9.59 Å². The normalized spacial score (nSPS) is 10.9. The van der Waals surface area contributed by atoms with E-state index in [1.165, 1.54) is 19.1 Å². The second-order valence-corrected chi connectivity index (χ2v) is 8.07. The molecule has 0 radical (unpaired) electrons. The van der Waals surface area contributed by atoms with E-state index in [9.17, 15) is 22.8 Å². The number of hydrogen-bond acceptors (Lipinski definition) is 7. The molecule has 0 unspecified atom stereocenters. The Hall–Kier alpha value is -4.06. The number of alkyl halides is 3. The molecule has 4 N–H and O–H groups in total. The second-order valence-electron chi connectivity index (χ2n) is 7.63. The van der Waals surface area contributed by atoms with Crippen molar-refractivity contribution < 1.29 is 27.5 Å². The van der Waals surface area contributed by atoms with E-state index in [0.29, 0.717) is 42.1 Å². The van der Waals surface area contributed by atoms with Crippen molar-refractivity contribution in [1.29, 1.82) is 0 Å². The number of benzene rings is 2. The second kappa shape index (κ2) is 12.8. The fourth-order valence-corrected chi connectivity index (χ4v) is 3.19. The summed E-state index contributed by atoms with van der Waals surface area (Å²) in [6.45, 7) is 2.81. The summed E-state index contributed by atoms with van der Waals surface area (Å²) in [7, 11) is 0. The van der Waals surface area contributed by atoms with Gasteiger partial charge in [0.05, 0.1) is 0 Å². The standard InChI is InChI=1S/C24H24ClF3N6O3/c1-15(35)29-10-11-30-20-14-21(34-22(33-20)16-2-6-18(25)7-3-16)31-12-13-32-23(36)17-4-8-19(9-5-17)37-24(26,27)28/h2-9,14H,10-13H2,1H3,(H,29,35)(H,32,36)(H2,30,31,33,34). The third kappa shape index (κ3) is 9.49. The van der Waals surface area contributed by atoms with E-state index < -0.39 is 18.0 Å². The maximum Gasteiger partial charge on any atom is 0.573 e. The molecular weight excluding hydrogens is 513 g/mol. The van der Waals surface area contributed by atoms with Crippen LogP contribution in [0.1, 0.15) is 17.3 Å². The van der Waals surface area contributed by atoms with Crippen molar-refractivity contribution in [3.8, 4) is 17.1 Å². The van der Waals surface area contributed by atoms with Crippen molar-refractivity contribution >= 4 is 35.1 Å². The van der Waals surface area contributed by atoms with Gasteiger partial charge in [-0.2, -0.15) is 0 Å². The highest BCUT2D eigenvalue weighted by Crippen LogP contribution is 2.23. The molecule has 0 aliphatic rings. The molecule has 196 valence electrons. The van der Waals surface area contributed by atoms with Crippen LogP contribution in [0, 0.1) is 0 Å². The van der Waals surface area contributed by atoms with E-state index in [-0.39, 0.29) is 18.0 Å². The van der Waals surface area contributed by atoms with Crippen LogP contribution in [0.25, 0.3) is 11.4 Å². The lowest BCUT2D eigenvalue weighted by Gasteiger charge is -2.12. The van der Waals surface area contributed by atoms with Crippen molar-refractivity contribution in [2.75, 3.05) is 36.8 Å². The first kappa shape index (κ1) is 27.5. The molecule has 0 spiro atoms. The molecular formula is C24H24ClF3N6O3. The largest absolute Gasteiger partial charge is 0.573 e. The summed E-state index contributed by atoms with van der Waals surface area (Å²) in [5.41, 5.74) is 0.927. The van der Waals surface area contributed by atoms with Gasteiger partial charge in [0.25, 0.3) is 5.91 Å². The average Bonchev–Trinajstić information content (AvgIpc) is 2.84. The highest BCUT2D eigenvalue weighted by Gasteiger charge is 2.31. The molecule has 2 aromatic carbocycles. The minimum Gasteiger partial charge on any atom is -0.406 e. The topological polar surface area (TPSA) is 117 Å². The third-order valence-electron chi connectivity index (χ3n) is 4.70. The molecule has 37 heavy (non-hydrogen) atoms. The number of halogens is 4. The summed E-state index contributed by atoms with van der Waals surface area (Å²) >= 11 is 5.97. The lowest BCUT2D eigenvalue weighted by atomic mass is 10.2. The van der Waals surface area contributed by atoms with Crippen molar-refractivity contribution in [3.05, 3.63) is 65.2 Å². The zero-order valence-electron chi connectivity index (χ0n) is 19.7. The first-order valence-corrected chi connectivity index (χ1v) is 11.5. The molecule has 2 amide bonds. The Labute approximate surface area is 215 Å². The Morgan fingerprint density at radius 2 is 1.43 bits per heavy atom. The minimum atomic E-state index is -4.80. The summed E-state index contributed by atoms with van der Waals surface area (Å²) in [5.74, 6) is 0.454. The Morgan fingerprint density at radius 1 is 0.865 bits per heavy atom. The van der Waals surface area contributed by atoms with E-state index >= 15 is 0 Å². The van der Waals surface area contributed by atoms with Crippen molar-refractivity contribution in [1.82, 2.24) is 20.6 Å². The van der Waals surface area contributed by atoms with Gasteiger partial charge >= 0.3 is 6.36 Å². The lowest BCUT2D eigenvalue weighted by molar-refractivity contribution is -0.274. The molecule has 0 saturated heterocycles. The van der Waals surface area contributed by atoms with Gasteiger partial charge in [-0.1, -0.05) is 11.6 Å². The van der Waals surface area contributed by atoms with Crippen LogP contribution in [-0.2, 0) is 4.79 Å². The molecule has 1 heterocycles. The summed E-state index contributed by atoms with van der Waals surface area (Å²) in [6, 6.07) is 13.3. The van der Waals surface area contributed by atoms with E-state index in [0.717, 1.165) is 17.7 Å². The van der Waals surface area contributed by atoms with Crippen molar-refractivity contribution in [2.45, 2.75) is 13.3 Å². The van der Waals surface area contributed by atoms with Crippen LogP contribution >= 0.6 is 11.6 Å². The van der Waals surface area contributed by atoms with Gasteiger partial charge in [-0.05, 0) is 48.5 Å². The van der Waals surface area contributed by atoms with Crippen LogP contribution < -0.4 is 26.0 Å². The summed E-state index contributed by atoms with van der Waals surface area (Å²) < 4.78 is 40.6. The number of nitrogens with zero attached hydrogens (tertiary/aromatic N) is 2. The van der Waals surface area contributed by atoms with Gasteiger partial charge in [-0.25, -0.2) is 9.97 Å². The number of nitrogens with one attached hydrogen (secondary N) is 4. The first-order valence-electron chi connectivity index (χ1n) is 11.1. The van der Waals surface area contributed by atoms with Crippen LogP contribution in [0.5, 0.6) is 5.75 Å². The molecule has 0 aliphatic carbocycles. The van der Waals surface area contributed by atoms with Gasteiger partial charge in [0.1, 0.15) is 17.4 Å². The highest BCUT2D eigenvalue weighted by molar-refractivity contribution is 6.30. The van der Waals surface area contributed by atoms with Crippen LogP contribution in [-0.4, -0.2) is 54.3 Å². The molecule has 13 heteroatoms. The lowest BCUT2D eigenvalue weighted by Crippen LogP contribution is -2.29. The van der Waals surface area contributed by atoms with Gasteiger partial charge < -0.3 is 26.0 Å². The molecule has 0 bridgehead atoms. The van der Waals surface area contributed by atoms with Gasteiger partial charge in [0.15, 0.2) is 5.82 Å². The number of amides is 2. The van der Waals surface area contributed by atoms with Gasteiger partial charge in [-0.15, -0.1) is 13.2 Å². The van der Waals surface area contributed by atoms with Crippen LogP contribution in [0.2, 0.25) is 5.02 Å². The number of hydrogen-bond donors (Lipinski definition) is 4. The number of carbonyl (C=O) groups excluding carboxylic acids is 2. The predicted octanol–water partition coefficient (Wildman–Crippen LogP) is 4.09. The van der Waals surface area contributed by atoms with E-state index in [2.05, 4.69) is 36.0 Å². The number of rotatable bonds is 11. The third-order valence-corrected chi connectivity index (χ3v) is 4.95. The summed E-state index contributed by atoms with van der Waals surface area (Å²) in [5, 5.41) is 12.2. The quantitative estimate of drug-likeness (QED) is 0.273. The molecule has 3 aromatic rings. The van der Waals surface area contributed by atoms with E-state index in [1.807, 2.05) is 0 Å².